The normalized spacial score (nSPS) is 10.6. The Labute approximate surface area is 124 Å². The maximum Gasteiger partial charge on any atom is 0.270 e. The maximum absolute atomic E-state index is 12.1. The zero-order chi connectivity index (χ0) is 15.7. The van der Waals surface area contributed by atoms with Crippen LogP contribution in [0.25, 0.3) is 10.9 Å². The molecule has 0 spiro atoms. The molecule has 1 amide bonds. The lowest BCUT2D eigenvalue weighted by Crippen LogP contribution is -2.12. The number of pyridine rings is 1. The molecule has 3 rings (SSSR count). The van der Waals surface area contributed by atoms with E-state index in [4.69, 9.17) is 0 Å². The van der Waals surface area contributed by atoms with Gasteiger partial charge in [-0.05, 0) is 25.1 Å². The van der Waals surface area contributed by atoms with Crippen LogP contribution in [0.15, 0.2) is 36.5 Å². The molecule has 8 nitrogen and oxygen atoms in total. The molecule has 3 aromatic rings. The number of carbonyl (C=O) groups excluding carboxylic acids is 1. The number of nitrogens with one attached hydrogen (secondary N) is 2. The van der Waals surface area contributed by atoms with Crippen molar-refractivity contribution in [3.8, 4) is 0 Å². The number of aryl methyl sites for hydroxylation is 1. The van der Waals surface area contributed by atoms with E-state index in [-0.39, 0.29) is 17.4 Å². The molecule has 22 heavy (non-hydrogen) atoms. The Kier molecular flexibility index (Phi) is 3.26. The summed E-state index contributed by atoms with van der Waals surface area (Å²) < 4.78 is 0. The third kappa shape index (κ3) is 2.49. The van der Waals surface area contributed by atoms with Crippen LogP contribution >= 0.6 is 0 Å². The number of anilines is 1. The molecule has 1 aromatic carbocycles. The number of aromatic nitrogens is 3. The molecule has 2 heterocycles. The van der Waals surface area contributed by atoms with Crippen molar-refractivity contribution in [2.45, 2.75) is 6.92 Å². The largest absolute Gasteiger partial charge is 0.305 e. The average Bonchev–Trinajstić information content (AvgIpc) is 2.90. The molecule has 0 unspecified atom stereocenters. The number of carbonyl (C=O) groups is 1. The van der Waals surface area contributed by atoms with E-state index in [0.29, 0.717) is 16.5 Å². The fourth-order valence-electron chi connectivity index (χ4n) is 1.99. The first-order chi connectivity index (χ1) is 10.5. The lowest BCUT2D eigenvalue weighted by atomic mass is 10.2. The topological polar surface area (TPSA) is 114 Å². The van der Waals surface area contributed by atoms with E-state index in [2.05, 4.69) is 20.5 Å². The fraction of sp³-hybridized carbons (Fsp3) is 0.0714. The van der Waals surface area contributed by atoms with Gasteiger partial charge in [0, 0.05) is 24.0 Å². The standard InChI is InChI=1S/C14H11N5O3/c1-8-2-3-9(7-15-8)14(20)16-13-11-6-10(19(21)22)4-5-12(11)17-18-13/h2-7H,1H3,(H2,16,17,18,20). The van der Waals surface area contributed by atoms with Gasteiger partial charge in [-0.2, -0.15) is 5.10 Å². The monoisotopic (exact) mass is 297 g/mol. The lowest BCUT2D eigenvalue weighted by Gasteiger charge is -2.02. The zero-order valence-corrected chi connectivity index (χ0v) is 11.5. The Morgan fingerprint density at radius 2 is 2.14 bits per heavy atom. The van der Waals surface area contributed by atoms with Crippen LogP contribution in [-0.4, -0.2) is 26.0 Å². The first kappa shape index (κ1) is 13.7. The third-order valence-electron chi connectivity index (χ3n) is 3.16. The predicted octanol–water partition coefficient (Wildman–Crippen LogP) is 2.43. The summed E-state index contributed by atoms with van der Waals surface area (Å²) in [7, 11) is 0. The number of nitrogens with zero attached hydrogens (tertiary/aromatic N) is 3. The Morgan fingerprint density at radius 3 is 2.82 bits per heavy atom. The number of nitro groups is 1. The van der Waals surface area contributed by atoms with Crippen molar-refractivity contribution < 1.29 is 9.72 Å². The molecule has 0 aliphatic carbocycles. The van der Waals surface area contributed by atoms with E-state index in [1.807, 2.05) is 6.92 Å². The summed E-state index contributed by atoms with van der Waals surface area (Å²) in [5.41, 5.74) is 1.72. The van der Waals surface area contributed by atoms with Gasteiger partial charge in [-0.3, -0.25) is 25.0 Å². The zero-order valence-electron chi connectivity index (χ0n) is 11.5. The molecular formula is C14H11N5O3. The maximum atomic E-state index is 12.1. The van der Waals surface area contributed by atoms with Gasteiger partial charge in [0.25, 0.3) is 11.6 Å². The summed E-state index contributed by atoms with van der Waals surface area (Å²) in [6, 6.07) is 7.65. The highest BCUT2D eigenvalue weighted by Crippen LogP contribution is 2.25. The number of non-ortho nitro benzene ring substituents is 1. The number of fused-ring (bicyclic) bond motifs is 1. The van der Waals surface area contributed by atoms with Crippen molar-refractivity contribution >= 4 is 28.3 Å². The van der Waals surface area contributed by atoms with Gasteiger partial charge in [0.2, 0.25) is 0 Å². The van der Waals surface area contributed by atoms with Crippen LogP contribution in [-0.2, 0) is 0 Å². The van der Waals surface area contributed by atoms with Gasteiger partial charge in [-0.1, -0.05) is 0 Å². The van der Waals surface area contributed by atoms with Crippen LogP contribution in [0.3, 0.4) is 0 Å². The second kappa shape index (κ2) is 5.24. The van der Waals surface area contributed by atoms with Crippen LogP contribution in [0, 0.1) is 17.0 Å². The highest BCUT2D eigenvalue weighted by atomic mass is 16.6. The minimum Gasteiger partial charge on any atom is -0.305 e. The van der Waals surface area contributed by atoms with E-state index < -0.39 is 4.92 Å². The molecule has 0 saturated carbocycles. The molecule has 2 aromatic heterocycles. The van der Waals surface area contributed by atoms with Crippen molar-refractivity contribution in [1.82, 2.24) is 15.2 Å². The smallest absolute Gasteiger partial charge is 0.270 e. The molecule has 0 aliphatic heterocycles. The van der Waals surface area contributed by atoms with E-state index in [1.54, 1.807) is 18.2 Å². The van der Waals surface area contributed by atoms with Crippen molar-refractivity contribution in [2.24, 2.45) is 0 Å². The number of hydrogen-bond acceptors (Lipinski definition) is 5. The molecule has 110 valence electrons. The van der Waals surface area contributed by atoms with Crippen LogP contribution < -0.4 is 5.32 Å². The second-order valence-corrected chi connectivity index (χ2v) is 4.70. The minimum absolute atomic E-state index is 0.0681. The average molecular weight is 297 g/mol. The summed E-state index contributed by atoms with van der Waals surface area (Å²) in [5.74, 6) is -0.142. The minimum atomic E-state index is -0.498. The highest BCUT2D eigenvalue weighted by molar-refractivity contribution is 6.07. The summed E-state index contributed by atoms with van der Waals surface area (Å²) in [4.78, 5) is 26.5. The highest BCUT2D eigenvalue weighted by Gasteiger charge is 2.14. The Hall–Kier alpha value is -3.29. The molecule has 0 bridgehead atoms. The van der Waals surface area contributed by atoms with Crippen molar-refractivity contribution in [2.75, 3.05) is 5.32 Å². The van der Waals surface area contributed by atoms with E-state index in [9.17, 15) is 14.9 Å². The summed E-state index contributed by atoms with van der Waals surface area (Å²) in [6.07, 6.45) is 1.46. The lowest BCUT2D eigenvalue weighted by molar-refractivity contribution is -0.384. The SMILES string of the molecule is Cc1ccc(C(=O)Nc2n[nH]c3ccc([N+](=O)[O-])cc23)cn1. The molecule has 2 N–H and O–H groups in total. The van der Waals surface area contributed by atoms with E-state index in [0.717, 1.165) is 5.69 Å². The molecule has 0 fully saturated rings. The van der Waals surface area contributed by atoms with Gasteiger partial charge < -0.3 is 5.32 Å². The molecule has 8 heteroatoms. The molecular weight excluding hydrogens is 286 g/mol. The van der Waals surface area contributed by atoms with Crippen molar-refractivity contribution in [1.29, 1.82) is 0 Å². The van der Waals surface area contributed by atoms with Crippen molar-refractivity contribution in [3.63, 3.8) is 0 Å². The van der Waals surface area contributed by atoms with Crippen molar-refractivity contribution in [3.05, 3.63) is 57.9 Å². The Balaban J connectivity index is 1.93. The number of rotatable bonds is 3. The van der Waals surface area contributed by atoms with Crippen LogP contribution in [0.4, 0.5) is 11.5 Å². The number of H-pyrrole nitrogens is 1. The van der Waals surface area contributed by atoms with Gasteiger partial charge in [0.1, 0.15) is 0 Å². The Morgan fingerprint density at radius 1 is 1.32 bits per heavy atom. The van der Waals surface area contributed by atoms with Crippen LogP contribution in [0.5, 0.6) is 0 Å². The third-order valence-corrected chi connectivity index (χ3v) is 3.16. The van der Waals surface area contributed by atoms with E-state index in [1.165, 1.54) is 18.3 Å². The molecule has 0 saturated heterocycles. The number of hydrogen-bond donors (Lipinski definition) is 2. The molecule has 0 radical (unpaired) electrons. The summed E-state index contributed by atoms with van der Waals surface area (Å²) in [5, 5.41) is 20.6. The first-order valence-corrected chi connectivity index (χ1v) is 6.41. The quantitative estimate of drug-likeness (QED) is 0.569. The van der Waals surface area contributed by atoms with Gasteiger partial charge in [0.15, 0.2) is 5.82 Å². The number of aromatic amines is 1. The van der Waals surface area contributed by atoms with Gasteiger partial charge in [-0.15, -0.1) is 0 Å². The van der Waals surface area contributed by atoms with E-state index >= 15 is 0 Å². The molecule has 0 aliphatic rings. The van der Waals surface area contributed by atoms with Crippen LogP contribution in [0.1, 0.15) is 16.1 Å². The Bertz CT molecular complexity index is 870. The summed E-state index contributed by atoms with van der Waals surface area (Å²) >= 11 is 0. The van der Waals surface area contributed by atoms with Crippen LogP contribution in [0.2, 0.25) is 0 Å². The molecule has 0 atom stereocenters. The van der Waals surface area contributed by atoms with Gasteiger partial charge in [-0.25, -0.2) is 0 Å². The first-order valence-electron chi connectivity index (χ1n) is 6.41. The number of nitro benzene ring substituents is 1. The number of amides is 1. The fourth-order valence-corrected chi connectivity index (χ4v) is 1.99. The number of benzene rings is 1. The van der Waals surface area contributed by atoms with Gasteiger partial charge >= 0.3 is 0 Å². The van der Waals surface area contributed by atoms with Gasteiger partial charge in [0.05, 0.1) is 21.4 Å². The summed E-state index contributed by atoms with van der Waals surface area (Å²) in [6.45, 7) is 1.82. The second-order valence-electron chi connectivity index (χ2n) is 4.70. The predicted molar refractivity (Wildman–Crippen MR) is 79.7 cm³/mol.